The van der Waals surface area contributed by atoms with Gasteiger partial charge in [0.1, 0.15) is 31.4 Å². The van der Waals surface area contributed by atoms with E-state index in [4.69, 9.17) is 50.1 Å². The van der Waals surface area contributed by atoms with Gasteiger partial charge in [-0.15, -0.1) is 0 Å². The average molecular weight is 780 g/mol. The summed E-state index contributed by atoms with van der Waals surface area (Å²) in [6, 6.07) is 4.36. The van der Waals surface area contributed by atoms with Crippen molar-refractivity contribution in [1.82, 2.24) is 14.5 Å². The summed E-state index contributed by atoms with van der Waals surface area (Å²) in [7, 11) is -15.6. The second-order valence-electron chi connectivity index (χ2n) is 10.0. The number of ether oxygens (including phenoxy) is 4. The minimum absolute atomic E-state index is 0.0428. The van der Waals surface area contributed by atoms with Crippen LogP contribution in [0.4, 0.5) is 5.95 Å². The molecule has 1 aliphatic heterocycles. The fraction of sp³-hybridized carbons (Fsp3) is 0.409. The minimum atomic E-state index is -5.82. The fourth-order valence-corrected chi connectivity index (χ4v) is 7.79. The normalized spacial score (nSPS) is 19.7. The highest BCUT2D eigenvalue weighted by Crippen LogP contribution is 2.66. The van der Waals surface area contributed by atoms with Crippen molar-refractivity contribution in [3.8, 4) is 5.75 Å². The number of carbonyl (C=O) groups is 1. The summed E-state index contributed by atoms with van der Waals surface area (Å²) in [6.07, 6.45) is -2.37. The third-order valence-corrected chi connectivity index (χ3v) is 10.5. The van der Waals surface area contributed by atoms with Crippen LogP contribution in [0.5, 0.6) is 5.75 Å². The maximum absolute atomic E-state index is 13.1. The first-order chi connectivity index (χ1) is 24.0. The number of carbonyl (C=O) groups excluding carboxylic acids is 1. The molecule has 51 heavy (non-hydrogen) atoms. The van der Waals surface area contributed by atoms with Gasteiger partial charge in [0, 0.05) is 28.0 Å². The predicted octanol–water partition coefficient (Wildman–Crippen LogP) is 2.77. The summed E-state index contributed by atoms with van der Waals surface area (Å²) in [6.45, 7) is -2.19. The first-order valence-electron chi connectivity index (χ1n) is 13.8. The van der Waals surface area contributed by atoms with E-state index in [2.05, 4.69) is 38.6 Å². The van der Waals surface area contributed by atoms with Crippen molar-refractivity contribution in [3.63, 3.8) is 0 Å². The lowest BCUT2D eigenvalue weighted by Crippen LogP contribution is -2.29. The molecule has 2 aromatic heterocycles. The quantitative estimate of drug-likeness (QED) is 0.0377. The summed E-state index contributed by atoms with van der Waals surface area (Å²) in [5.74, 6) is -0.780. The van der Waals surface area contributed by atoms with Crippen molar-refractivity contribution in [2.75, 3.05) is 26.2 Å². The SMILES string of the molecule is COc1ccc(C(=O)OCc2cn([C@H]3CC(OCN=[N+]=[N-])[C@@H](COP(=O)(O)OP(=O)(O)OP(=O)(O)O)O3)c3nc(N)[nH]c(=O)c23)c(CN=[N+]=[N-])c1. The van der Waals surface area contributed by atoms with Crippen molar-refractivity contribution in [2.45, 2.75) is 38.0 Å². The van der Waals surface area contributed by atoms with Crippen molar-refractivity contribution >= 4 is 46.4 Å². The van der Waals surface area contributed by atoms with Gasteiger partial charge in [-0.1, -0.05) is 10.2 Å². The highest BCUT2D eigenvalue weighted by Gasteiger charge is 2.44. The summed E-state index contributed by atoms with van der Waals surface area (Å²) in [5, 5.41) is 6.65. The van der Waals surface area contributed by atoms with E-state index >= 15 is 0 Å². The van der Waals surface area contributed by atoms with E-state index in [1.165, 1.54) is 36.1 Å². The van der Waals surface area contributed by atoms with Crippen molar-refractivity contribution in [1.29, 1.82) is 0 Å². The Balaban J connectivity index is 1.60. The number of aromatic amines is 1. The number of H-pyrrole nitrogens is 1. The first-order valence-corrected chi connectivity index (χ1v) is 18.3. The topological polar surface area (TPSA) is 388 Å². The van der Waals surface area contributed by atoms with Gasteiger partial charge in [-0.2, -0.15) is 13.6 Å². The Morgan fingerprint density at radius 3 is 2.53 bits per heavy atom. The predicted molar refractivity (Wildman–Crippen MR) is 167 cm³/mol. The van der Waals surface area contributed by atoms with Gasteiger partial charge >= 0.3 is 29.4 Å². The molecule has 29 heteroatoms. The van der Waals surface area contributed by atoms with E-state index in [9.17, 15) is 33.1 Å². The molecule has 3 heterocycles. The van der Waals surface area contributed by atoms with E-state index < -0.39 is 73.4 Å². The molecule has 3 unspecified atom stereocenters. The van der Waals surface area contributed by atoms with Crippen LogP contribution in [0.25, 0.3) is 31.9 Å². The lowest BCUT2D eigenvalue weighted by Gasteiger charge is -2.21. The summed E-state index contributed by atoms with van der Waals surface area (Å²) in [5.41, 5.74) is 22.8. The van der Waals surface area contributed by atoms with Crippen LogP contribution in [0.1, 0.15) is 34.1 Å². The van der Waals surface area contributed by atoms with E-state index in [-0.39, 0.29) is 41.1 Å². The van der Waals surface area contributed by atoms with Gasteiger partial charge in [0.15, 0.2) is 5.65 Å². The van der Waals surface area contributed by atoms with Crippen LogP contribution in [0, 0.1) is 0 Å². The number of nitrogen functional groups attached to an aromatic ring is 1. The van der Waals surface area contributed by atoms with E-state index in [0.29, 0.717) is 11.3 Å². The van der Waals surface area contributed by atoms with Crippen LogP contribution in [0.15, 0.2) is 39.4 Å². The molecule has 1 aliphatic rings. The number of anilines is 1. The number of nitrogens with two attached hydrogens (primary N) is 1. The molecule has 276 valence electrons. The highest BCUT2D eigenvalue weighted by atomic mass is 31.3. The number of phosphoric acid groups is 3. The number of fused-ring (bicyclic) bond motifs is 1. The Bertz CT molecular complexity index is 2090. The van der Waals surface area contributed by atoms with Crippen LogP contribution >= 0.6 is 23.5 Å². The lowest BCUT2D eigenvalue weighted by atomic mass is 10.1. The average Bonchev–Trinajstić information content (AvgIpc) is 3.61. The zero-order valence-corrected chi connectivity index (χ0v) is 28.4. The van der Waals surface area contributed by atoms with Gasteiger partial charge in [-0.3, -0.25) is 14.3 Å². The van der Waals surface area contributed by atoms with Crippen LogP contribution < -0.4 is 16.0 Å². The van der Waals surface area contributed by atoms with E-state index in [1.54, 1.807) is 0 Å². The van der Waals surface area contributed by atoms with Gasteiger partial charge in [-0.25, -0.2) is 18.5 Å². The molecule has 5 atom stereocenters. The largest absolute Gasteiger partial charge is 0.497 e. The van der Waals surface area contributed by atoms with Gasteiger partial charge in [0.05, 0.1) is 37.3 Å². The van der Waals surface area contributed by atoms with Gasteiger partial charge in [0.2, 0.25) is 5.95 Å². The number of aromatic nitrogens is 3. The third-order valence-electron chi connectivity index (χ3n) is 6.69. The van der Waals surface area contributed by atoms with Crippen molar-refractivity contribution in [3.05, 3.63) is 72.3 Å². The summed E-state index contributed by atoms with van der Waals surface area (Å²) >= 11 is 0. The molecular weight excluding hydrogens is 753 g/mol. The molecule has 4 rings (SSSR count). The van der Waals surface area contributed by atoms with Gasteiger partial charge in [-0.05, 0) is 34.8 Å². The summed E-state index contributed by atoms with van der Waals surface area (Å²) < 4.78 is 70.4. The van der Waals surface area contributed by atoms with E-state index in [0.717, 1.165) is 0 Å². The Morgan fingerprint density at radius 1 is 1.14 bits per heavy atom. The molecule has 3 aromatic rings. The molecule has 0 spiro atoms. The van der Waals surface area contributed by atoms with Crippen LogP contribution in [-0.2, 0) is 54.2 Å². The first kappa shape index (κ1) is 39.4. The smallest absolute Gasteiger partial charge is 0.490 e. The molecular formula is C22H27N10O16P3. The number of hydrogen-bond acceptors (Lipinski definition) is 16. The van der Waals surface area contributed by atoms with Crippen molar-refractivity contribution < 1.29 is 70.2 Å². The Labute approximate surface area is 283 Å². The number of benzene rings is 1. The molecule has 7 N–H and O–H groups in total. The Kier molecular flexibility index (Phi) is 12.6. The molecule has 0 bridgehead atoms. The number of nitrogens with zero attached hydrogens (tertiary/aromatic N) is 8. The highest BCUT2D eigenvalue weighted by molar-refractivity contribution is 7.66. The monoisotopic (exact) mass is 780 g/mol. The number of esters is 1. The van der Waals surface area contributed by atoms with Crippen LogP contribution in [-0.4, -0.2) is 72.7 Å². The number of methoxy groups -OCH3 is 1. The Hall–Kier alpha value is -4.34. The number of phosphoric ester groups is 1. The molecule has 1 fully saturated rings. The third kappa shape index (κ3) is 10.6. The maximum Gasteiger partial charge on any atom is 0.490 e. The molecule has 0 radical (unpaired) electrons. The van der Waals surface area contributed by atoms with Crippen molar-refractivity contribution in [2.24, 2.45) is 10.2 Å². The summed E-state index contributed by atoms with van der Waals surface area (Å²) in [4.78, 5) is 74.7. The molecule has 0 saturated carbocycles. The minimum Gasteiger partial charge on any atom is -0.497 e. The Morgan fingerprint density at radius 2 is 1.86 bits per heavy atom. The number of nitrogens with one attached hydrogen (secondary N) is 1. The standard InChI is InChI=1S/C22H27N10O16P3/c1-42-13-2-3-14(11(4-13)6-26-30-24)21(34)43-8-12-7-32(19-18(12)20(33)29-22(23)28-19)17-5-15(44-10-27-31-25)16(46-17)9-45-50(38,39)48-51(40,41)47-49(35,36)37/h2-4,7,15-17H,5-6,8-10H2,1H3,(H,38,39)(H,40,41)(H2,35,36,37)(H3,23,28,29,33)/t15?,16-,17-/m1/s1. The number of hydrogen-bond donors (Lipinski definition) is 6. The molecule has 1 aromatic carbocycles. The van der Waals surface area contributed by atoms with Gasteiger partial charge in [0.25, 0.3) is 5.56 Å². The maximum atomic E-state index is 13.1. The second-order valence-corrected chi connectivity index (χ2v) is 14.4. The van der Waals surface area contributed by atoms with Crippen LogP contribution in [0.2, 0.25) is 0 Å². The molecule has 0 amide bonds. The zero-order valence-electron chi connectivity index (χ0n) is 25.8. The van der Waals surface area contributed by atoms with E-state index in [1.807, 2.05) is 0 Å². The fourth-order valence-electron chi connectivity index (χ4n) is 4.76. The number of rotatable bonds is 17. The zero-order chi connectivity index (χ0) is 37.6. The number of azide groups is 2. The second kappa shape index (κ2) is 16.3. The molecule has 1 saturated heterocycles. The molecule has 0 aliphatic carbocycles. The van der Waals surface area contributed by atoms with Gasteiger partial charge < -0.3 is 48.8 Å². The molecule has 26 nitrogen and oxygen atoms in total. The lowest BCUT2D eigenvalue weighted by molar-refractivity contribution is -0.0582. The van der Waals surface area contributed by atoms with Crippen LogP contribution in [0.3, 0.4) is 0 Å².